The largest absolute Gasteiger partial charge is 1.00 e. The van der Waals surface area contributed by atoms with Gasteiger partial charge in [0, 0.05) is 22.8 Å². The first-order chi connectivity index (χ1) is 14.3. The molecule has 0 radical (unpaired) electrons. The quantitative estimate of drug-likeness (QED) is 0.498. The summed E-state index contributed by atoms with van der Waals surface area (Å²) in [6.07, 6.45) is 1.68. The van der Waals surface area contributed by atoms with Crippen molar-refractivity contribution in [3.63, 3.8) is 0 Å². The van der Waals surface area contributed by atoms with Gasteiger partial charge in [-0.2, -0.15) is 0 Å². The third-order valence-corrected chi connectivity index (χ3v) is 6.30. The van der Waals surface area contributed by atoms with Crippen LogP contribution in [0, 0.1) is 19.8 Å². The molecule has 0 saturated carbocycles. The second-order valence-electron chi connectivity index (χ2n) is 8.02. The number of nitrogens with zero attached hydrogens (tertiary/aromatic N) is 3. The van der Waals surface area contributed by atoms with E-state index < -0.39 is 16.6 Å². The average Bonchev–Trinajstić information content (AvgIpc) is 3.15. The molecule has 3 heterocycles. The molecule has 1 aliphatic rings. The van der Waals surface area contributed by atoms with Crippen molar-refractivity contribution in [3.8, 4) is 5.75 Å². The van der Waals surface area contributed by atoms with Gasteiger partial charge in [0.1, 0.15) is 5.75 Å². The molecule has 1 atom stereocenters. The van der Waals surface area contributed by atoms with Crippen LogP contribution in [0.15, 0.2) is 35.6 Å². The predicted molar refractivity (Wildman–Crippen MR) is 114 cm³/mol. The van der Waals surface area contributed by atoms with Crippen molar-refractivity contribution in [1.29, 1.82) is 0 Å². The zero-order valence-electron chi connectivity index (χ0n) is 18.7. The Morgan fingerprint density at radius 1 is 1.23 bits per heavy atom. The summed E-state index contributed by atoms with van der Waals surface area (Å²) < 4.78 is 30.3. The fourth-order valence-electron chi connectivity index (χ4n) is 3.28. The molecule has 1 fully saturated rings. The molecule has 0 aliphatic carbocycles. The molecule has 0 N–H and O–H groups in total. The molecule has 4 rings (SSSR count). The van der Waals surface area contributed by atoms with Crippen molar-refractivity contribution in [2.24, 2.45) is 5.92 Å². The minimum Gasteiger partial charge on any atom is -0.493 e. The molecule has 3 aromatic rings. The van der Waals surface area contributed by atoms with Gasteiger partial charge in [-0.15, -0.1) is 0 Å². The SMILES string of the molecule is Cc1c(OCC2COC(C)(C)OC2)ccnc1CS(=O)c1nc2c(C)cccc2[n-]1.[Na+]. The first-order valence-corrected chi connectivity index (χ1v) is 11.3. The molecule has 7 nitrogen and oxygen atoms in total. The summed E-state index contributed by atoms with van der Waals surface area (Å²) in [6.45, 7) is 9.39. The number of aromatic nitrogens is 3. The number of benzene rings is 1. The minimum atomic E-state index is -1.39. The molecular weight excluding hydrogens is 425 g/mol. The summed E-state index contributed by atoms with van der Waals surface area (Å²) in [4.78, 5) is 13.3. The third-order valence-electron chi connectivity index (χ3n) is 5.18. The van der Waals surface area contributed by atoms with Gasteiger partial charge in [0.05, 0.1) is 42.1 Å². The Kier molecular flexibility index (Phi) is 7.94. The standard InChI is InChI=1S/C22H26N3O4S.Na/c1-14-6-5-7-17-20(14)25-21(24-17)30(26)13-18-15(2)19(8-9-23-18)27-10-16-11-28-22(3,4)29-12-16;/h5-9,16H,10-13H2,1-4H3;/q-1;+1. The molecule has 160 valence electrons. The first kappa shape index (κ1) is 24.4. The maximum absolute atomic E-state index is 12.9. The van der Waals surface area contributed by atoms with E-state index in [-0.39, 0.29) is 41.2 Å². The van der Waals surface area contributed by atoms with Gasteiger partial charge < -0.3 is 24.2 Å². The number of aryl methyl sites for hydroxylation is 1. The summed E-state index contributed by atoms with van der Waals surface area (Å²) in [6, 6.07) is 7.61. The molecule has 2 aromatic heterocycles. The van der Waals surface area contributed by atoms with Gasteiger partial charge in [0.25, 0.3) is 0 Å². The van der Waals surface area contributed by atoms with Crippen molar-refractivity contribution < 1.29 is 48.0 Å². The van der Waals surface area contributed by atoms with Crippen LogP contribution in [0.25, 0.3) is 11.0 Å². The first-order valence-electron chi connectivity index (χ1n) is 9.96. The summed E-state index contributed by atoms with van der Waals surface area (Å²) in [7, 11) is -1.39. The molecule has 0 spiro atoms. The Labute approximate surface area is 207 Å². The molecule has 31 heavy (non-hydrogen) atoms. The van der Waals surface area contributed by atoms with Crippen molar-refractivity contribution in [1.82, 2.24) is 15.0 Å². The predicted octanol–water partition coefficient (Wildman–Crippen LogP) is 0.294. The van der Waals surface area contributed by atoms with Crippen LogP contribution in [0.5, 0.6) is 5.75 Å². The maximum atomic E-state index is 12.9. The zero-order chi connectivity index (χ0) is 21.3. The second kappa shape index (κ2) is 10.1. The van der Waals surface area contributed by atoms with Gasteiger partial charge in [0.2, 0.25) is 0 Å². The molecule has 1 aliphatic heterocycles. The minimum absolute atomic E-state index is 0. The summed E-state index contributed by atoms with van der Waals surface area (Å²) in [5.41, 5.74) is 4.17. The van der Waals surface area contributed by atoms with Crippen LogP contribution >= 0.6 is 0 Å². The van der Waals surface area contributed by atoms with E-state index in [4.69, 9.17) is 14.2 Å². The molecule has 1 aromatic carbocycles. The average molecular weight is 452 g/mol. The number of ether oxygens (including phenoxy) is 3. The van der Waals surface area contributed by atoms with E-state index >= 15 is 0 Å². The van der Waals surface area contributed by atoms with Gasteiger partial charge >= 0.3 is 29.6 Å². The smallest absolute Gasteiger partial charge is 0.493 e. The van der Waals surface area contributed by atoms with E-state index in [1.807, 2.05) is 52.0 Å². The molecule has 0 bridgehead atoms. The second-order valence-corrected chi connectivity index (χ2v) is 9.36. The van der Waals surface area contributed by atoms with E-state index in [0.29, 0.717) is 30.7 Å². The van der Waals surface area contributed by atoms with E-state index in [9.17, 15) is 4.21 Å². The Morgan fingerprint density at radius 2 is 1.97 bits per heavy atom. The van der Waals surface area contributed by atoms with Crippen LogP contribution < -0.4 is 39.3 Å². The summed E-state index contributed by atoms with van der Waals surface area (Å²) >= 11 is 0. The fourth-order valence-corrected chi connectivity index (χ4v) is 4.35. The van der Waals surface area contributed by atoms with Crippen molar-refractivity contribution >= 4 is 21.8 Å². The van der Waals surface area contributed by atoms with Crippen molar-refractivity contribution in [3.05, 3.63) is 47.3 Å². The number of pyridine rings is 1. The van der Waals surface area contributed by atoms with E-state index in [2.05, 4.69) is 15.0 Å². The molecular formula is C22H26N3NaO4S. The number of fused-ring (bicyclic) bond motifs is 1. The monoisotopic (exact) mass is 451 g/mol. The van der Waals surface area contributed by atoms with E-state index in [1.54, 1.807) is 6.20 Å². The van der Waals surface area contributed by atoms with Gasteiger partial charge in [-0.25, -0.2) is 0 Å². The van der Waals surface area contributed by atoms with Crippen LogP contribution in [0.3, 0.4) is 0 Å². The maximum Gasteiger partial charge on any atom is 1.00 e. The Morgan fingerprint density at radius 3 is 2.68 bits per heavy atom. The molecule has 1 unspecified atom stereocenters. The number of rotatable bonds is 6. The number of para-hydroxylation sites is 1. The van der Waals surface area contributed by atoms with Gasteiger partial charge in [0.15, 0.2) is 5.79 Å². The number of imidazole rings is 1. The summed E-state index contributed by atoms with van der Waals surface area (Å²) in [5, 5.41) is 0.339. The number of hydrogen-bond acceptors (Lipinski definition) is 6. The van der Waals surface area contributed by atoms with Gasteiger partial charge in [-0.05, 0) is 50.4 Å². The van der Waals surface area contributed by atoms with Crippen LogP contribution in [0.2, 0.25) is 0 Å². The molecule has 9 heteroatoms. The molecule has 1 saturated heterocycles. The summed E-state index contributed by atoms with van der Waals surface area (Å²) in [5.74, 6) is 0.595. The molecule has 0 amide bonds. The normalized spacial score (nSPS) is 17.3. The van der Waals surface area contributed by atoms with E-state index in [1.165, 1.54) is 0 Å². The Hall–Kier alpha value is -1.29. The number of hydrogen-bond donors (Lipinski definition) is 0. The van der Waals surface area contributed by atoms with Crippen LogP contribution in [-0.2, 0) is 26.0 Å². The van der Waals surface area contributed by atoms with E-state index in [0.717, 1.165) is 27.9 Å². The fraction of sp³-hybridized carbons (Fsp3) is 0.455. The van der Waals surface area contributed by atoms with Crippen molar-refractivity contribution in [2.75, 3.05) is 19.8 Å². The third kappa shape index (κ3) is 5.74. The van der Waals surface area contributed by atoms with Crippen LogP contribution in [-0.4, -0.2) is 39.8 Å². The topological polar surface area (TPSA) is 84.6 Å². The van der Waals surface area contributed by atoms with Gasteiger partial charge in [-0.1, -0.05) is 18.2 Å². The Balaban J connectivity index is 0.00000272. The van der Waals surface area contributed by atoms with Crippen LogP contribution in [0.4, 0.5) is 0 Å². The zero-order valence-corrected chi connectivity index (χ0v) is 21.5. The van der Waals surface area contributed by atoms with Gasteiger partial charge in [-0.3, -0.25) is 9.19 Å². The van der Waals surface area contributed by atoms with Crippen LogP contribution in [0.1, 0.15) is 30.7 Å². The Bertz CT molecular complexity index is 1080. The van der Waals surface area contributed by atoms with Crippen molar-refractivity contribution in [2.45, 2.75) is 44.4 Å².